The lowest BCUT2D eigenvalue weighted by Crippen LogP contribution is -2.39. The van der Waals surface area contributed by atoms with E-state index in [1.165, 1.54) is 225 Å². The molecule has 6 aliphatic heterocycles. The third kappa shape index (κ3) is 101. The molecule has 0 aromatic carbocycles. The lowest BCUT2D eigenvalue weighted by atomic mass is 9.99. The summed E-state index contributed by atoms with van der Waals surface area (Å²) in [5, 5.41) is 35.1. The summed E-state index contributed by atoms with van der Waals surface area (Å²) in [6, 6.07) is 6.21. The van der Waals surface area contributed by atoms with E-state index in [1.54, 1.807) is 0 Å². The molecule has 6 saturated heterocycles. The Balaban J connectivity index is -0.000000628. The van der Waals surface area contributed by atoms with E-state index in [0.717, 1.165) is 169 Å². The maximum absolute atomic E-state index is 12.8. The number of halogens is 2. The van der Waals surface area contributed by atoms with Crippen molar-refractivity contribution in [2.75, 3.05) is 203 Å². The van der Waals surface area contributed by atoms with Crippen LogP contribution in [0.2, 0.25) is 0 Å². The average Bonchev–Trinajstić information content (AvgIpc) is 0.876. The van der Waals surface area contributed by atoms with E-state index in [1.807, 2.05) is 0 Å². The number of piperidine rings is 4. The third-order valence-electron chi connectivity index (χ3n) is 22.6. The number of alkyl halides is 2. The molecule has 7 heterocycles. The normalized spacial score (nSPS) is 17.3. The number of rotatable bonds is 43. The van der Waals surface area contributed by atoms with Gasteiger partial charge in [-0.2, -0.15) is 11.8 Å². The number of likely N-dealkylation sites (tertiary alicyclic amines) is 4. The molecule has 0 radical (unpaired) electrons. The Morgan fingerprint density at radius 2 is 0.678 bits per heavy atom. The number of nitrogens with zero attached hydrogens (tertiary/aromatic N) is 9. The summed E-state index contributed by atoms with van der Waals surface area (Å²) >= 11 is 2.10. The van der Waals surface area contributed by atoms with E-state index in [0.29, 0.717) is 32.8 Å². The van der Waals surface area contributed by atoms with Gasteiger partial charge in [0.25, 0.3) is 5.92 Å². The highest BCUT2D eigenvalue weighted by Gasteiger charge is 2.33. The van der Waals surface area contributed by atoms with Gasteiger partial charge in [0.05, 0.1) is 32.5 Å². The summed E-state index contributed by atoms with van der Waals surface area (Å²) in [5.41, 5.74) is 0. The summed E-state index contributed by atoms with van der Waals surface area (Å²) in [6.45, 7) is 82.6. The molecule has 0 bridgehead atoms. The Kier molecular flexibility index (Phi) is 91.9. The number of aliphatic hydroxyl groups excluding tert-OH is 4. The fourth-order valence-electron chi connectivity index (χ4n) is 14.6. The first-order valence-electron chi connectivity index (χ1n) is 51.0. The Hall–Kier alpha value is -1.16. The van der Waals surface area contributed by atoms with Crippen LogP contribution in [-0.2, 0) is 11.3 Å². The van der Waals surface area contributed by atoms with E-state index < -0.39 is 5.92 Å². The molecule has 1 aromatic heterocycles. The van der Waals surface area contributed by atoms with E-state index in [4.69, 9.17) is 20.1 Å². The van der Waals surface area contributed by atoms with Gasteiger partial charge in [0.1, 0.15) is 6.54 Å². The number of hydrogen-bond acceptors (Lipinski definition) is 14. The van der Waals surface area contributed by atoms with E-state index >= 15 is 0 Å². The van der Waals surface area contributed by atoms with Crippen LogP contribution in [0.5, 0.6) is 0 Å². The average molecular weight is 1750 g/mol. The van der Waals surface area contributed by atoms with E-state index in [9.17, 15) is 13.9 Å². The molecular formula is C104H218F2N9O5S+. The molecular weight excluding hydrogens is 1530 g/mol. The monoisotopic (exact) mass is 1740 g/mol. The Morgan fingerprint density at radius 1 is 0.372 bits per heavy atom. The molecule has 6 aliphatic rings. The zero-order chi connectivity index (χ0) is 91.9. The van der Waals surface area contributed by atoms with Gasteiger partial charge in [-0.25, -0.2) is 13.3 Å². The zero-order valence-corrected chi connectivity index (χ0v) is 86.8. The minimum atomic E-state index is -2.39. The highest BCUT2D eigenvalue weighted by atomic mass is 32.2. The van der Waals surface area contributed by atoms with Crippen LogP contribution >= 0.6 is 11.8 Å². The van der Waals surface area contributed by atoms with Crippen molar-refractivity contribution >= 4 is 11.8 Å². The summed E-state index contributed by atoms with van der Waals surface area (Å²) in [7, 11) is 4.25. The zero-order valence-electron chi connectivity index (χ0n) is 86.0. The van der Waals surface area contributed by atoms with Gasteiger partial charge in [0.2, 0.25) is 0 Å². The number of hydrogen-bond donors (Lipinski definition) is 4. The smallest absolute Gasteiger partial charge is 0.250 e. The first-order valence-corrected chi connectivity index (χ1v) is 52.2. The van der Waals surface area contributed by atoms with Gasteiger partial charge in [-0.05, 0) is 324 Å². The minimum absolute atomic E-state index is 0.0265. The molecule has 14 nitrogen and oxygen atoms in total. The fraction of sp³-hybridized carbons (Fsp3) is 0.952. The molecule has 0 spiro atoms. The molecule has 4 N–H and O–H groups in total. The van der Waals surface area contributed by atoms with Gasteiger partial charge in [-0.1, -0.05) is 179 Å². The number of ether oxygens (including phenoxy) is 1. The lowest BCUT2D eigenvalue weighted by Gasteiger charge is -2.31. The van der Waals surface area contributed by atoms with Crippen LogP contribution in [0.3, 0.4) is 0 Å². The standard InChI is InChI=1S/C12H25N.C11H21F2N.C11H23NO.C11H23N.C11H18N.C10H23NO2.C10H21NO.C10H21NS.C8H19N.C6H14O.C4H10/c1-11(2)5-4-8-13-9-6-12(3)7-10-13;1-10(2)4-3-7-14-8-5-11(12,13)6-9-14;1-10(2)4-3-7-12-8-5-11(13)6-9-12;2*1-11(2)7-6-10-12-8-4-3-5-9-12;1-10(2)4-3-5-11(6-8-12)7-9-13;2*1-10(2)4-3-5-11-6-8-12-9-7-11;1-8(2)6-5-7-9(3)4;1-6(2)4-3-5-7;1-4(2)3/h11-12H,4-10H2,1-3H3;10H,3-9H2,1-2H3;10-11,13H,3-9H2,1-2H3;11H,3-10H2,1-2H3;3-5,8-9,11H,6-7,10H2,1-2H3;10,12-13H,3-9H2,1-2H3;2*10H,3-9H2,1-2H3;8H,5-7H2,1-4H3;6-7H,3-5H2,1-2H3;4H,1-3H3/q;;;;+1;;;;;;. The molecule has 1 aromatic rings. The maximum Gasteiger partial charge on any atom is 0.250 e. The van der Waals surface area contributed by atoms with Crippen molar-refractivity contribution in [2.45, 2.75) is 371 Å². The van der Waals surface area contributed by atoms with Crippen LogP contribution < -0.4 is 4.57 Å². The van der Waals surface area contributed by atoms with Crippen LogP contribution in [0.15, 0.2) is 30.6 Å². The van der Waals surface area contributed by atoms with Gasteiger partial charge >= 0.3 is 0 Å². The second-order valence-corrected chi connectivity index (χ2v) is 42.9. The Bertz CT molecular complexity index is 2030. The molecule has 6 fully saturated rings. The maximum atomic E-state index is 12.8. The second kappa shape index (κ2) is 88.1. The topological polar surface area (TPSA) is 120 Å². The van der Waals surface area contributed by atoms with Crippen LogP contribution in [-0.4, -0.2) is 274 Å². The van der Waals surface area contributed by atoms with Crippen molar-refractivity contribution in [1.29, 1.82) is 0 Å². The number of aryl methyl sites for hydroxylation is 1. The van der Waals surface area contributed by atoms with Crippen molar-refractivity contribution in [3.05, 3.63) is 30.6 Å². The quantitative estimate of drug-likeness (QED) is 0.0465. The SMILES string of the molecule is CC(C)C.CC(C)CCCN(C)C.CC(C)CCCN(CCO)CCO.CC(C)CCCN1CCC(C)CC1.CC(C)CCCN1CCC(F)(F)CC1.CC(C)CCCN1CCC(O)CC1.CC(C)CCCN1CCCCC1.CC(C)CCCN1CCOCC1.CC(C)CCCN1CCSCC1.CC(C)CCCO.CC(C)CCC[n+]1ccccc1. The molecule has 0 amide bonds. The van der Waals surface area contributed by atoms with Crippen LogP contribution in [0.25, 0.3) is 0 Å². The van der Waals surface area contributed by atoms with Crippen LogP contribution in [0.1, 0.15) is 352 Å². The molecule has 728 valence electrons. The lowest BCUT2D eigenvalue weighted by molar-refractivity contribution is -0.697. The highest BCUT2D eigenvalue weighted by Crippen LogP contribution is 2.28. The predicted molar refractivity (Wildman–Crippen MR) is 533 cm³/mol. The molecule has 0 aliphatic carbocycles. The first kappa shape index (κ1) is 126. The van der Waals surface area contributed by atoms with Crippen molar-refractivity contribution in [2.24, 2.45) is 71.0 Å². The summed E-state index contributed by atoms with van der Waals surface area (Å²) in [6.07, 6.45) is 39.3. The number of thioether (sulfide) groups is 1. The van der Waals surface area contributed by atoms with Gasteiger partial charge < -0.3 is 54.6 Å². The number of aliphatic hydroxyl groups is 4. The van der Waals surface area contributed by atoms with Crippen molar-refractivity contribution in [3.63, 3.8) is 0 Å². The van der Waals surface area contributed by atoms with Gasteiger partial charge in [0, 0.05) is 115 Å². The van der Waals surface area contributed by atoms with Crippen molar-refractivity contribution in [1.82, 2.24) is 39.2 Å². The minimum Gasteiger partial charge on any atom is -0.396 e. The molecule has 0 saturated carbocycles. The fourth-order valence-corrected chi connectivity index (χ4v) is 15.6. The van der Waals surface area contributed by atoms with Gasteiger partial charge in [-0.3, -0.25) is 9.80 Å². The Labute approximate surface area is 760 Å². The predicted octanol–water partition coefficient (Wildman–Crippen LogP) is 23.5. The molecule has 17 heteroatoms. The second-order valence-electron chi connectivity index (χ2n) is 41.6. The molecule has 7 rings (SSSR count). The number of aromatic nitrogens is 1. The molecule has 0 unspecified atom stereocenters. The van der Waals surface area contributed by atoms with E-state index in [2.05, 4.69) is 266 Å². The summed E-state index contributed by atoms with van der Waals surface area (Å²) in [5.74, 6) is 10.3. The molecule has 121 heavy (non-hydrogen) atoms. The van der Waals surface area contributed by atoms with Crippen molar-refractivity contribution < 1.29 is 38.5 Å². The van der Waals surface area contributed by atoms with Crippen LogP contribution in [0.4, 0.5) is 8.78 Å². The van der Waals surface area contributed by atoms with Gasteiger partial charge in [0.15, 0.2) is 12.4 Å². The Morgan fingerprint density at radius 3 is 1.02 bits per heavy atom. The van der Waals surface area contributed by atoms with Crippen molar-refractivity contribution in [3.8, 4) is 0 Å². The summed E-state index contributed by atoms with van der Waals surface area (Å²) < 4.78 is 33.1. The number of morpholine rings is 1. The number of pyridine rings is 1. The van der Waals surface area contributed by atoms with E-state index in [-0.39, 0.29) is 32.2 Å². The van der Waals surface area contributed by atoms with Crippen LogP contribution in [0, 0.1) is 71.0 Å². The first-order chi connectivity index (χ1) is 57.3. The summed E-state index contributed by atoms with van der Waals surface area (Å²) in [4.78, 5) is 19.4. The molecule has 0 atom stereocenters. The van der Waals surface area contributed by atoms with Gasteiger partial charge in [-0.15, -0.1) is 0 Å². The third-order valence-corrected chi connectivity index (χ3v) is 23.5. The highest BCUT2D eigenvalue weighted by molar-refractivity contribution is 7.99. The largest absolute Gasteiger partial charge is 0.396 e.